The third-order valence-corrected chi connectivity index (χ3v) is 5.29. The SMILES string of the molecule is N#C/C(=N\OS(=O)(=O)c1ccc2ccccc2c1)C(=O)N1CCCCC1. The Balaban J connectivity index is 1.81. The Morgan fingerprint density at radius 3 is 2.46 bits per heavy atom. The molecule has 0 atom stereocenters. The normalized spacial score (nSPS) is 15.5. The van der Waals surface area contributed by atoms with Crippen LogP contribution in [-0.4, -0.2) is 38.0 Å². The van der Waals surface area contributed by atoms with E-state index in [2.05, 4.69) is 9.44 Å². The molecule has 0 aliphatic carbocycles. The van der Waals surface area contributed by atoms with Gasteiger partial charge in [0, 0.05) is 13.1 Å². The van der Waals surface area contributed by atoms with Crippen molar-refractivity contribution < 1.29 is 17.5 Å². The summed E-state index contributed by atoms with van der Waals surface area (Å²) in [5.41, 5.74) is -0.573. The molecule has 3 rings (SSSR count). The van der Waals surface area contributed by atoms with Crippen molar-refractivity contribution in [3.63, 3.8) is 0 Å². The molecule has 0 aromatic heterocycles. The summed E-state index contributed by atoms with van der Waals surface area (Å²) in [7, 11) is -4.23. The van der Waals surface area contributed by atoms with Crippen molar-refractivity contribution in [3.8, 4) is 6.07 Å². The van der Waals surface area contributed by atoms with Crippen LogP contribution in [0.3, 0.4) is 0 Å². The van der Waals surface area contributed by atoms with Gasteiger partial charge in [-0.05, 0) is 47.3 Å². The molecule has 134 valence electrons. The maximum Gasteiger partial charge on any atom is 0.358 e. The highest BCUT2D eigenvalue weighted by atomic mass is 32.2. The smallest absolute Gasteiger partial charge is 0.337 e. The fourth-order valence-corrected chi connectivity index (χ4v) is 3.57. The molecular weight excluding hydrogens is 354 g/mol. The van der Waals surface area contributed by atoms with Crippen LogP contribution in [0.2, 0.25) is 0 Å². The fourth-order valence-electron chi connectivity index (χ4n) is 2.81. The van der Waals surface area contributed by atoms with Crippen LogP contribution >= 0.6 is 0 Å². The number of hydrogen-bond acceptors (Lipinski definition) is 6. The van der Waals surface area contributed by atoms with Crippen LogP contribution in [-0.2, 0) is 19.2 Å². The summed E-state index contributed by atoms with van der Waals surface area (Å²) in [5, 5.41) is 14.1. The molecule has 26 heavy (non-hydrogen) atoms. The highest BCUT2D eigenvalue weighted by molar-refractivity contribution is 7.86. The second-order valence-electron chi connectivity index (χ2n) is 5.94. The van der Waals surface area contributed by atoms with Gasteiger partial charge in [-0.1, -0.05) is 30.3 Å². The molecule has 2 aromatic carbocycles. The predicted octanol–water partition coefficient (Wildman–Crippen LogP) is 2.44. The van der Waals surface area contributed by atoms with Crippen LogP contribution in [0.1, 0.15) is 19.3 Å². The number of amides is 1. The van der Waals surface area contributed by atoms with Gasteiger partial charge in [-0.3, -0.25) is 9.08 Å². The molecule has 2 aromatic rings. The van der Waals surface area contributed by atoms with E-state index in [4.69, 9.17) is 5.26 Å². The number of carbonyl (C=O) groups is 1. The lowest BCUT2D eigenvalue weighted by Crippen LogP contribution is -2.39. The van der Waals surface area contributed by atoms with E-state index in [9.17, 15) is 13.2 Å². The molecule has 8 heteroatoms. The largest absolute Gasteiger partial charge is 0.358 e. The lowest BCUT2D eigenvalue weighted by atomic mass is 10.1. The van der Waals surface area contributed by atoms with E-state index in [0.29, 0.717) is 13.1 Å². The van der Waals surface area contributed by atoms with E-state index in [1.54, 1.807) is 24.3 Å². The second-order valence-corrected chi connectivity index (χ2v) is 7.47. The molecule has 1 fully saturated rings. The maximum absolute atomic E-state index is 12.3. The molecule has 0 N–H and O–H groups in total. The fraction of sp³-hybridized carbons (Fsp3) is 0.278. The van der Waals surface area contributed by atoms with Crippen LogP contribution in [0.15, 0.2) is 52.5 Å². The first-order valence-electron chi connectivity index (χ1n) is 8.21. The van der Waals surface area contributed by atoms with Gasteiger partial charge in [0.05, 0.1) is 0 Å². The summed E-state index contributed by atoms with van der Waals surface area (Å²) >= 11 is 0. The predicted molar refractivity (Wildman–Crippen MR) is 95.7 cm³/mol. The molecule has 1 saturated heterocycles. The first kappa shape index (κ1) is 17.9. The zero-order valence-corrected chi connectivity index (χ0v) is 14.8. The van der Waals surface area contributed by atoms with Gasteiger partial charge in [0.1, 0.15) is 11.0 Å². The Morgan fingerprint density at radius 1 is 1.08 bits per heavy atom. The zero-order valence-electron chi connectivity index (χ0n) is 14.0. The van der Waals surface area contributed by atoms with Gasteiger partial charge in [-0.15, -0.1) is 0 Å². The minimum Gasteiger partial charge on any atom is -0.337 e. The number of fused-ring (bicyclic) bond motifs is 1. The zero-order chi connectivity index (χ0) is 18.6. The maximum atomic E-state index is 12.3. The molecule has 0 bridgehead atoms. The van der Waals surface area contributed by atoms with Gasteiger partial charge in [-0.2, -0.15) is 13.7 Å². The Kier molecular flexibility index (Phi) is 5.19. The topological polar surface area (TPSA) is 99.8 Å². The van der Waals surface area contributed by atoms with E-state index < -0.39 is 21.7 Å². The average Bonchev–Trinajstić information content (AvgIpc) is 2.68. The minimum atomic E-state index is -4.23. The summed E-state index contributed by atoms with van der Waals surface area (Å²) in [6.07, 6.45) is 2.72. The number of nitrogens with zero attached hydrogens (tertiary/aromatic N) is 3. The Bertz CT molecular complexity index is 1000. The number of hydrogen-bond donors (Lipinski definition) is 0. The van der Waals surface area contributed by atoms with Crippen molar-refractivity contribution in [2.45, 2.75) is 24.2 Å². The lowest BCUT2D eigenvalue weighted by Gasteiger charge is -2.25. The van der Waals surface area contributed by atoms with Gasteiger partial charge in [0.25, 0.3) is 5.91 Å². The highest BCUT2D eigenvalue weighted by Crippen LogP contribution is 2.20. The van der Waals surface area contributed by atoms with Crippen molar-refractivity contribution in [3.05, 3.63) is 42.5 Å². The second kappa shape index (κ2) is 7.54. The van der Waals surface area contributed by atoms with Gasteiger partial charge in [0.2, 0.25) is 5.71 Å². The molecule has 0 saturated carbocycles. The van der Waals surface area contributed by atoms with Crippen molar-refractivity contribution in [1.82, 2.24) is 4.90 Å². The van der Waals surface area contributed by atoms with Crippen LogP contribution < -0.4 is 0 Å². The molecule has 7 nitrogen and oxygen atoms in total. The third kappa shape index (κ3) is 3.83. The third-order valence-electron chi connectivity index (χ3n) is 4.19. The van der Waals surface area contributed by atoms with Gasteiger partial charge in [0.15, 0.2) is 0 Å². The summed E-state index contributed by atoms with van der Waals surface area (Å²) in [4.78, 5) is 13.6. The molecule has 0 spiro atoms. The van der Waals surface area contributed by atoms with Gasteiger partial charge >= 0.3 is 10.1 Å². The standard InChI is InChI=1S/C18H17N3O4S/c19-13-17(18(22)21-10-4-1-5-11-21)20-25-26(23,24)16-9-8-14-6-2-3-7-15(14)12-16/h2-3,6-9,12H,1,4-5,10-11H2/b20-17+. The number of likely N-dealkylation sites (tertiary alicyclic amines) is 1. The van der Waals surface area contributed by atoms with E-state index in [0.717, 1.165) is 30.0 Å². The first-order valence-corrected chi connectivity index (χ1v) is 9.62. The number of benzene rings is 2. The number of carbonyl (C=O) groups excluding carboxylic acids is 1. The molecule has 0 unspecified atom stereocenters. The van der Waals surface area contributed by atoms with E-state index in [1.165, 1.54) is 17.0 Å². The van der Waals surface area contributed by atoms with Crippen molar-refractivity contribution in [1.29, 1.82) is 5.26 Å². The number of oxime groups is 1. The Hall–Kier alpha value is -2.92. The molecule has 1 aliphatic rings. The monoisotopic (exact) mass is 371 g/mol. The van der Waals surface area contributed by atoms with Gasteiger partial charge in [-0.25, -0.2) is 0 Å². The molecule has 0 radical (unpaired) electrons. The lowest BCUT2D eigenvalue weighted by molar-refractivity contribution is -0.124. The Labute approximate surface area is 151 Å². The molecule has 1 aliphatic heterocycles. The number of piperidine rings is 1. The average molecular weight is 371 g/mol. The van der Waals surface area contributed by atoms with Crippen LogP contribution in [0.4, 0.5) is 0 Å². The molecule has 1 amide bonds. The number of nitriles is 1. The van der Waals surface area contributed by atoms with E-state index in [-0.39, 0.29) is 4.90 Å². The van der Waals surface area contributed by atoms with Crippen LogP contribution in [0.25, 0.3) is 10.8 Å². The van der Waals surface area contributed by atoms with E-state index in [1.807, 2.05) is 12.1 Å². The first-order chi connectivity index (χ1) is 12.5. The summed E-state index contributed by atoms with van der Waals surface area (Å²) in [6, 6.07) is 13.4. The molecule has 1 heterocycles. The van der Waals surface area contributed by atoms with Crippen molar-refractivity contribution in [2.24, 2.45) is 5.16 Å². The van der Waals surface area contributed by atoms with Crippen molar-refractivity contribution in [2.75, 3.05) is 13.1 Å². The summed E-state index contributed by atoms with van der Waals surface area (Å²) in [6.45, 7) is 1.05. The highest BCUT2D eigenvalue weighted by Gasteiger charge is 2.24. The van der Waals surface area contributed by atoms with E-state index >= 15 is 0 Å². The Morgan fingerprint density at radius 2 is 1.77 bits per heavy atom. The van der Waals surface area contributed by atoms with Crippen LogP contribution in [0, 0.1) is 11.3 Å². The minimum absolute atomic E-state index is 0.0948. The summed E-state index contributed by atoms with van der Waals surface area (Å²) < 4.78 is 29.3. The van der Waals surface area contributed by atoms with Gasteiger partial charge < -0.3 is 4.90 Å². The molecular formula is C18H17N3O4S. The van der Waals surface area contributed by atoms with Crippen molar-refractivity contribution >= 4 is 32.5 Å². The summed E-state index contributed by atoms with van der Waals surface area (Å²) in [5.74, 6) is -0.610. The quantitative estimate of drug-likeness (QED) is 0.607. The number of rotatable bonds is 4. The van der Waals surface area contributed by atoms with Crippen LogP contribution in [0.5, 0.6) is 0 Å².